The number of thiazole rings is 1. The molecule has 6 heteroatoms. The van der Waals surface area contributed by atoms with Crippen molar-refractivity contribution in [2.45, 2.75) is 10.6 Å². The van der Waals surface area contributed by atoms with Crippen LogP contribution < -0.4 is 9.47 Å². The second kappa shape index (κ2) is 7.98. The number of fused-ring (bicyclic) bond motifs is 1. The van der Waals surface area contributed by atoms with Crippen LogP contribution in [0.25, 0.3) is 21.5 Å². The third-order valence-electron chi connectivity index (χ3n) is 4.18. The van der Waals surface area contributed by atoms with Gasteiger partial charge in [-0.2, -0.15) is 0 Å². The molecule has 0 atom stereocenters. The van der Waals surface area contributed by atoms with Gasteiger partial charge in [0, 0.05) is 33.7 Å². The molecule has 0 fully saturated rings. The van der Waals surface area contributed by atoms with Crippen LogP contribution in [0.4, 0.5) is 0 Å². The highest BCUT2D eigenvalue weighted by Gasteiger charge is 2.12. The van der Waals surface area contributed by atoms with E-state index >= 15 is 0 Å². The lowest BCUT2D eigenvalue weighted by molar-refractivity contribution is 0.395. The van der Waals surface area contributed by atoms with Gasteiger partial charge in [-0.05, 0) is 24.3 Å². The van der Waals surface area contributed by atoms with Gasteiger partial charge in [0.25, 0.3) is 0 Å². The SMILES string of the molecule is COc1ccc(-c2nc(CSc3ccnc4ccccc34)cs2)c(OC)c1. The second-order valence-corrected chi connectivity index (χ2v) is 7.70. The summed E-state index contributed by atoms with van der Waals surface area (Å²) in [6.07, 6.45) is 1.86. The minimum atomic E-state index is 0.767. The van der Waals surface area contributed by atoms with Gasteiger partial charge in [-0.1, -0.05) is 18.2 Å². The van der Waals surface area contributed by atoms with Crippen LogP contribution in [-0.2, 0) is 5.75 Å². The third-order valence-corrected chi connectivity index (χ3v) is 6.21. The molecule has 0 unspecified atom stereocenters. The number of aromatic nitrogens is 2. The summed E-state index contributed by atoms with van der Waals surface area (Å²) in [5, 5.41) is 4.23. The molecule has 27 heavy (non-hydrogen) atoms. The van der Waals surface area contributed by atoms with Crippen molar-refractivity contribution < 1.29 is 9.47 Å². The van der Waals surface area contributed by atoms with E-state index in [1.165, 1.54) is 10.3 Å². The number of methoxy groups -OCH3 is 2. The molecule has 0 aliphatic rings. The zero-order valence-electron chi connectivity index (χ0n) is 15.0. The zero-order valence-corrected chi connectivity index (χ0v) is 16.6. The summed E-state index contributed by atoms with van der Waals surface area (Å²) < 4.78 is 10.8. The highest BCUT2D eigenvalue weighted by molar-refractivity contribution is 7.98. The molecule has 0 N–H and O–H groups in total. The Morgan fingerprint density at radius 3 is 2.78 bits per heavy atom. The topological polar surface area (TPSA) is 44.2 Å². The Balaban J connectivity index is 1.55. The summed E-state index contributed by atoms with van der Waals surface area (Å²) >= 11 is 3.41. The van der Waals surface area contributed by atoms with E-state index in [1.807, 2.05) is 42.6 Å². The van der Waals surface area contributed by atoms with Crippen LogP contribution in [0.1, 0.15) is 5.69 Å². The van der Waals surface area contributed by atoms with Gasteiger partial charge in [0.15, 0.2) is 0 Å². The average Bonchev–Trinajstić information content (AvgIpc) is 3.20. The van der Waals surface area contributed by atoms with Gasteiger partial charge >= 0.3 is 0 Å². The lowest BCUT2D eigenvalue weighted by Crippen LogP contribution is -1.90. The first kappa shape index (κ1) is 17.8. The summed E-state index contributed by atoms with van der Waals surface area (Å²) in [5.41, 5.74) is 3.05. The van der Waals surface area contributed by atoms with Gasteiger partial charge < -0.3 is 9.47 Å². The summed E-state index contributed by atoms with van der Waals surface area (Å²) in [7, 11) is 3.31. The van der Waals surface area contributed by atoms with Crippen LogP contribution in [0.3, 0.4) is 0 Å². The lowest BCUT2D eigenvalue weighted by atomic mass is 10.2. The fraction of sp³-hybridized carbons (Fsp3) is 0.143. The van der Waals surface area contributed by atoms with Crippen molar-refractivity contribution in [3.05, 3.63) is 65.8 Å². The molecule has 2 heterocycles. The van der Waals surface area contributed by atoms with Gasteiger partial charge in [-0.25, -0.2) is 4.98 Å². The van der Waals surface area contributed by atoms with E-state index in [1.54, 1.807) is 37.3 Å². The summed E-state index contributed by atoms with van der Waals surface area (Å²) in [6.45, 7) is 0. The molecule has 0 amide bonds. The zero-order chi connectivity index (χ0) is 18.6. The number of hydrogen-bond donors (Lipinski definition) is 0. The molecule has 4 rings (SSSR count). The fourth-order valence-corrected chi connectivity index (χ4v) is 4.71. The van der Waals surface area contributed by atoms with E-state index in [2.05, 4.69) is 22.5 Å². The molecule has 4 aromatic rings. The van der Waals surface area contributed by atoms with E-state index in [0.717, 1.165) is 39.0 Å². The maximum atomic E-state index is 5.50. The van der Waals surface area contributed by atoms with E-state index in [0.29, 0.717) is 0 Å². The largest absolute Gasteiger partial charge is 0.497 e. The van der Waals surface area contributed by atoms with Crippen molar-refractivity contribution in [2.75, 3.05) is 14.2 Å². The van der Waals surface area contributed by atoms with E-state index in [4.69, 9.17) is 14.5 Å². The monoisotopic (exact) mass is 394 g/mol. The Kier molecular flexibility index (Phi) is 5.27. The van der Waals surface area contributed by atoms with Gasteiger partial charge in [-0.15, -0.1) is 23.1 Å². The van der Waals surface area contributed by atoms with Crippen molar-refractivity contribution in [1.82, 2.24) is 9.97 Å². The first-order valence-electron chi connectivity index (χ1n) is 8.42. The first-order chi connectivity index (χ1) is 13.3. The smallest absolute Gasteiger partial charge is 0.132 e. The molecule has 0 spiro atoms. The Morgan fingerprint density at radius 1 is 1.04 bits per heavy atom. The number of thioether (sulfide) groups is 1. The van der Waals surface area contributed by atoms with E-state index in [-0.39, 0.29) is 0 Å². The van der Waals surface area contributed by atoms with Crippen LogP contribution in [0, 0.1) is 0 Å². The lowest BCUT2D eigenvalue weighted by Gasteiger charge is -2.08. The predicted octanol–water partition coefficient (Wildman–Crippen LogP) is 5.67. The Hall–Kier alpha value is -2.57. The molecule has 0 aliphatic heterocycles. The third kappa shape index (κ3) is 3.77. The summed E-state index contributed by atoms with van der Waals surface area (Å²) in [5.74, 6) is 2.35. The van der Waals surface area contributed by atoms with Crippen LogP contribution >= 0.6 is 23.1 Å². The van der Waals surface area contributed by atoms with E-state index in [9.17, 15) is 0 Å². The fourth-order valence-electron chi connectivity index (χ4n) is 2.82. The predicted molar refractivity (Wildman–Crippen MR) is 112 cm³/mol. The van der Waals surface area contributed by atoms with Gasteiger partial charge in [0.05, 0.1) is 31.0 Å². The molecule has 2 aromatic carbocycles. The number of hydrogen-bond acceptors (Lipinski definition) is 6. The van der Waals surface area contributed by atoms with Crippen LogP contribution in [0.15, 0.2) is 65.0 Å². The van der Waals surface area contributed by atoms with Crippen molar-refractivity contribution >= 4 is 34.0 Å². The minimum Gasteiger partial charge on any atom is -0.497 e. The van der Waals surface area contributed by atoms with Crippen LogP contribution in [0.5, 0.6) is 11.5 Å². The number of para-hydroxylation sites is 1. The van der Waals surface area contributed by atoms with Crippen molar-refractivity contribution in [3.8, 4) is 22.1 Å². The number of rotatable bonds is 6. The molecule has 0 radical (unpaired) electrons. The normalized spacial score (nSPS) is 10.9. The maximum Gasteiger partial charge on any atom is 0.132 e. The molecule has 0 bridgehead atoms. The number of ether oxygens (including phenoxy) is 2. The van der Waals surface area contributed by atoms with E-state index < -0.39 is 0 Å². The summed E-state index contributed by atoms with van der Waals surface area (Å²) in [4.78, 5) is 10.4. The van der Waals surface area contributed by atoms with Crippen LogP contribution in [-0.4, -0.2) is 24.2 Å². The molecular weight excluding hydrogens is 376 g/mol. The second-order valence-electron chi connectivity index (χ2n) is 5.83. The first-order valence-corrected chi connectivity index (χ1v) is 10.3. The number of pyridine rings is 1. The molecule has 0 aliphatic carbocycles. The minimum absolute atomic E-state index is 0.767. The highest BCUT2D eigenvalue weighted by Crippen LogP contribution is 2.36. The molecule has 0 saturated heterocycles. The van der Waals surface area contributed by atoms with Gasteiger partial charge in [0.1, 0.15) is 16.5 Å². The Morgan fingerprint density at radius 2 is 1.93 bits per heavy atom. The standard InChI is InChI=1S/C21H18N2O2S2/c1-24-15-7-8-17(19(11-15)25-2)21-23-14(13-27-21)12-26-20-9-10-22-18-6-4-3-5-16(18)20/h3-11,13H,12H2,1-2H3. The summed E-state index contributed by atoms with van der Waals surface area (Å²) in [6, 6.07) is 16.1. The van der Waals surface area contributed by atoms with Gasteiger partial charge in [-0.3, -0.25) is 4.98 Å². The molecule has 2 aromatic heterocycles. The number of nitrogens with zero attached hydrogens (tertiary/aromatic N) is 2. The Bertz CT molecular complexity index is 1070. The van der Waals surface area contributed by atoms with Crippen LogP contribution in [0.2, 0.25) is 0 Å². The maximum absolute atomic E-state index is 5.50. The van der Waals surface area contributed by atoms with Crippen molar-refractivity contribution in [3.63, 3.8) is 0 Å². The quantitative estimate of drug-likeness (QED) is 0.394. The molecular formula is C21H18N2O2S2. The number of benzene rings is 2. The molecule has 4 nitrogen and oxygen atoms in total. The highest BCUT2D eigenvalue weighted by atomic mass is 32.2. The molecule has 0 saturated carbocycles. The average molecular weight is 395 g/mol. The Labute approximate surface area is 166 Å². The molecule has 136 valence electrons. The van der Waals surface area contributed by atoms with Crippen molar-refractivity contribution in [1.29, 1.82) is 0 Å². The van der Waals surface area contributed by atoms with Crippen molar-refractivity contribution in [2.24, 2.45) is 0 Å². The van der Waals surface area contributed by atoms with Gasteiger partial charge in [0.2, 0.25) is 0 Å².